The average Bonchev–Trinajstić information content (AvgIpc) is 2.75. The molecule has 1 aliphatic heterocycles. The van der Waals surface area contributed by atoms with Crippen LogP contribution in [0.3, 0.4) is 0 Å². The Morgan fingerprint density at radius 3 is 3.12 bits per heavy atom. The van der Waals surface area contributed by atoms with E-state index in [1.807, 2.05) is 18.5 Å². The van der Waals surface area contributed by atoms with Crippen LogP contribution in [0.2, 0.25) is 0 Å². The summed E-state index contributed by atoms with van der Waals surface area (Å²) in [6.45, 7) is 7.79. The van der Waals surface area contributed by atoms with Gasteiger partial charge in [-0.25, -0.2) is 0 Å². The standard InChI is InChI=1S/C14H23N3/c1-12(2)16-10-14-6-4-8-17(14)11-13-5-3-7-15-9-13/h3,5,7,9,12,14,16H,4,6,8,10-11H2,1-2H3. The van der Waals surface area contributed by atoms with Gasteiger partial charge in [0.2, 0.25) is 0 Å². The van der Waals surface area contributed by atoms with Crippen molar-refractivity contribution in [1.29, 1.82) is 0 Å². The molecule has 2 heterocycles. The lowest BCUT2D eigenvalue weighted by molar-refractivity contribution is 0.236. The summed E-state index contributed by atoms with van der Waals surface area (Å²) in [5.41, 5.74) is 1.32. The largest absolute Gasteiger partial charge is 0.313 e. The highest BCUT2D eigenvalue weighted by Crippen LogP contribution is 2.19. The van der Waals surface area contributed by atoms with Gasteiger partial charge in [-0.1, -0.05) is 19.9 Å². The molecule has 17 heavy (non-hydrogen) atoms. The fraction of sp³-hybridized carbons (Fsp3) is 0.643. The lowest BCUT2D eigenvalue weighted by Gasteiger charge is -2.25. The number of pyridine rings is 1. The Bertz CT molecular complexity index is 323. The first-order chi connectivity index (χ1) is 8.25. The first-order valence-corrected chi connectivity index (χ1v) is 6.62. The zero-order chi connectivity index (χ0) is 12.1. The highest BCUT2D eigenvalue weighted by Gasteiger charge is 2.24. The molecule has 2 rings (SSSR count). The van der Waals surface area contributed by atoms with Gasteiger partial charge in [-0.15, -0.1) is 0 Å². The van der Waals surface area contributed by atoms with Crippen LogP contribution >= 0.6 is 0 Å². The average molecular weight is 233 g/mol. The van der Waals surface area contributed by atoms with Crippen molar-refractivity contribution in [2.75, 3.05) is 13.1 Å². The van der Waals surface area contributed by atoms with Crippen LogP contribution in [0.5, 0.6) is 0 Å². The molecular weight excluding hydrogens is 210 g/mol. The Hall–Kier alpha value is -0.930. The molecule has 1 saturated heterocycles. The molecule has 3 nitrogen and oxygen atoms in total. The van der Waals surface area contributed by atoms with E-state index in [-0.39, 0.29) is 0 Å². The molecule has 0 bridgehead atoms. The lowest BCUT2D eigenvalue weighted by Crippen LogP contribution is -2.39. The third-order valence-electron chi connectivity index (χ3n) is 3.37. The molecule has 1 fully saturated rings. The van der Waals surface area contributed by atoms with E-state index in [1.165, 1.54) is 24.9 Å². The molecule has 1 aliphatic rings. The monoisotopic (exact) mass is 233 g/mol. The highest BCUT2D eigenvalue weighted by molar-refractivity contribution is 5.08. The van der Waals surface area contributed by atoms with E-state index < -0.39 is 0 Å². The van der Waals surface area contributed by atoms with Gasteiger partial charge in [-0.2, -0.15) is 0 Å². The summed E-state index contributed by atoms with van der Waals surface area (Å²) in [5, 5.41) is 3.55. The second-order valence-electron chi connectivity index (χ2n) is 5.19. The van der Waals surface area contributed by atoms with Crippen molar-refractivity contribution < 1.29 is 0 Å². The molecule has 0 aliphatic carbocycles. The second kappa shape index (κ2) is 6.12. The summed E-state index contributed by atoms with van der Waals surface area (Å²) in [7, 11) is 0. The minimum absolute atomic E-state index is 0.579. The fourth-order valence-electron chi connectivity index (χ4n) is 2.43. The summed E-state index contributed by atoms with van der Waals surface area (Å²) in [5.74, 6) is 0. The van der Waals surface area contributed by atoms with E-state index >= 15 is 0 Å². The number of hydrogen-bond acceptors (Lipinski definition) is 3. The van der Waals surface area contributed by atoms with E-state index in [9.17, 15) is 0 Å². The fourth-order valence-corrected chi connectivity index (χ4v) is 2.43. The van der Waals surface area contributed by atoms with Gasteiger partial charge in [-0.3, -0.25) is 9.88 Å². The molecule has 1 N–H and O–H groups in total. The van der Waals surface area contributed by atoms with Crippen LogP contribution in [0.25, 0.3) is 0 Å². The van der Waals surface area contributed by atoms with Crippen LogP contribution in [-0.2, 0) is 6.54 Å². The molecule has 94 valence electrons. The predicted octanol–water partition coefficient (Wildman–Crippen LogP) is 2.04. The molecule has 3 heteroatoms. The van der Waals surface area contributed by atoms with Gasteiger partial charge in [0.05, 0.1) is 0 Å². The SMILES string of the molecule is CC(C)NCC1CCCN1Cc1cccnc1. The molecule has 1 aromatic heterocycles. The van der Waals surface area contributed by atoms with E-state index in [4.69, 9.17) is 0 Å². The predicted molar refractivity (Wildman–Crippen MR) is 70.8 cm³/mol. The van der Waals surface area contributed by atoms with Gasteiger partial charge in [0.15, 0.2) is 0 Å². The van der Waals surface area contributed by atoms with Gasteiger partial charge in [-0.05, 0) is 31.0 Å². The van der Waals surface area contributed by atoms with E-state index in [1.54, 1.807) is 0 Å². The van der Waals surface area contributed by atoms with Gasteiger partial charge in [0, 0.05) is 37.6 Å². The van der Waals surface area contributed by atoms with Crippen molar-refractivity contribution in [3.8, 4) is 0 Å². The van der Waals surface area contributed by atoms with Crippen LogP contribution in [0.4, 0.5) is 0 Å². The maximum absolute atomic E-state index is 4.18. The first-order valence-electron chi connectivity index (χ1n) is 6.62. The Morgan fingerprint density at radius 2 is 2.41 bits per heavy atom. The Kier molecular flexibility index (Phi) is 4.51. The summed E-state index contributed by atoms with van der Waals surface area (Å²) < 4.78 is 0. The minimum Gasteiger partial charge on any atom is -0.313 e. The molecule has 0 spiro atoms. The van der Waals surface area contributed by atoms with Gasteiger partial charge in [0.1, 0.15) is 0 Å². The van der Waals surface area contributed by atoms with Crippen LogP contribution in [0.15, 0.2) is 24.5 Å². The number of likely N-dealkylation sites (tertiary alicyclic amines) is 1. The second-order valence-corrected chi connectivity index (χ2v) is 5.19. The Morgan fingerprint density at radius 1 is 1.53 bits per heavy atom. The van der Waals surface area contributed by atoms with Crippen molar-refractivity contribution in [2.24, 2.45) is 0 Å². The van der Waals surface area contributed by atoms with Crippen molar-refractivity contribution in [1.82, 2.24) is 15.2 Å². The first kappa shape index (κ1) is 12.5. The molecule has 1 unspecified atom stereocenters. The maximum Gasteiger partial charge on any atom is 0.0312 e. The number of hydrogen-bond donors (Lipinski definition) is 1. The van der Waals surface area contributed by atoms with Crippen LogP contribution in [0.1, 0.15) is 32.3 Å². The summed E-state index contributed by atoms with van der Waals surface area (Å²) >= 11 is 0. The van der Waals surface area contributed by atoms with E-state index in [0.717, 1.165) is 13.1 Å². The number of rotatable bonds is 5. The molecule has 0 aromatic carbocycles. The third kappa shape index (κ3) is 3.79. The summed E-state index contributed by atoms with van der Waals surface area (Å²) in [4.78, 5) is 6.76. The zero-order valence-electron chi connectivity index (χ0n) is 10.9. The van der Waals surface area contributed by atoms with Gasteiger partial charge in [0.25, 0.3) is 0 Å². The Balaban J connectivity index is 1.87. The maximum atomic E-state index is 4.18. The lowest BCUT2D eigenvalue weighted by atomic mass is 10.2. The van der Waals surface area contributed by atoms with E-state index in [2.05, 4.69) is 35.1 Å². The molecule has 0 radical (unpaired) electrons. The third-order valence-corrected chi connectivity index (χ3v) is 3.37. The number of nitrogens with zero attached hydrogens (tertiary/aromatic N) is 2. The highest BCUT2D eigenvalue weighted by atomic mass is 15.2. The van der Waals surface area contributed by atoms with Gasteiger partial charge >= 0.3 is 0 Å². The van der Waals surface area contributed by atoms with Gasteiger partial charge < -0.3 is 5.32 Å². The number of aromatic nitrogens is 1. The molecule has 0 amide bonds. The van der Waals surface area contributed by atoms with Crippen molar-refractivity contribution in [3.05, 3.63) is 30.1 Å². The summed E-state index contributed by atoms with van der Waals surface area (Å²) in [6, 6.07) is 5.46. The van der Waals surface area contributed by atoms with Crippen LogP contribution < -0.4 is 5.32 Å². The van der Waals surface area contributed by atoms with Crippen LogP contribution in [0, 0.1) is 0 Å². The van der Waals surface area contributed by atoms with E-state index in [0.29, 0.717) is 12.1 Å². The van der Waals surface area contributed by atoms with Crippen molar-refractivity contribution >= 4 is 0 Å². The Labute approximate surface area is 104 Å². The van der Waals surface area contributed by atoms with Crippen LogP contribution in [-0.4, -0.2) is 35.1 Å². The zero-order valence-corrected chi connectivity index (χ0v) is 10.9. The summed E-state index contributed by atoms with van der Waals surface area (Å²) in [6.07, 6.45) is 6.46. The van der Waals surface area contributed by atoms with Crippen molar-refractivity contribution in [3.63, 3.8) is 0 Å². The minimum atomic E-state index is 0.579. The quantitative estimate of drug-likeness (QED) is 0.843. The molecule has 1 aromatic rings. The topological polar surface area (TPSA) is 28.2 Å². The molecule has 1 atom stereocenters. The smallest absolute Gasteiger partial charge is 0.0312 e. The molecule has 0 saturated carbocycles. The normalized spacial score (nSPS) is 21.2. The molecular formula is C14H23N3. The van der Waals surface area contributed by atoms with Crippen molar-refractivity contribution in [2.45, 2.75) is 45.3 Å². The number of nitrogens with one attached hydrogen (secondary N) is 1.